The second-order valence-corrected chi connectivity index (χ2v) is 4.91. The van der Waals surface area contributed by atoms with E-state index in [2.05, 4.69) is 5.32 Å². The number of amides is 1. The molecular formula is C15H20N2O2. The van der Waals surface area contributed by atoms with Crippen molar-refractivity contribution in [3.8, 4) is 0 Å². The minimum atomic E-state index is -0.129. The molecule has 1 aliphatic carbocycles. The molecule has 4 nitrogen and oxygen atoms in total. The highest BCUT2D eigenvalue weighted by Gasteiger charge is 2.22. The molecule has 0 fully saturated rings. The molecule has 102 valence electrons. The quantitative estimate of drug-likeness (QED) is 0.701. The number of aliphatic hydroxyl groups excluding tert-OH is 1. The van der Waals surface area contributed by atoms with Crippen LogP contribution in [0.1, 0.15) is 18.4 Å². The van der Waals surface area contributed by atoms with Crippen molar-refractivity contribution in [3.63, 3.8) is 0 Å². The highest BCUT2D eigenvalue weighted by Crippen LogP contribution is 2.19. The second kappa shape index (κ2) is 6.50. The van der Waals surface area contributed by atoms with Crippen molar-refractivity contribution < 1.29 is 9.90 Å². The summed E-state index contributed by atoms with van der Waals surface area (Å²) in [6.07, 6.45) is 5.97. The van der Waals surface area contributed by atoms with Gasteiger partial charge in [-0.15, -0.1) is 0 Å². The summed E-state index contributed by atoms with van der Waals surface area (Å²) < 4.78 is 0. The van der Waals surface area contributed by atoms with E-state index in [9.17, 15) is 4.79 Å². The van der Waals surface area contributed by atoms with Crippen molar-refractivity contribution in [2.24, 2.45) is 11.7 Å². The zero-order valence-electron chi connectivity index (χ0n) is 10.9. The first-order chi connectivity index (χ1) is 9.19. The average Bonchev–Trinajstić information content (AvgIpc) is 2.83. The number of aliphatic hydroxyl groups is 1. The van der Waals surface area contributed by atoms with Crippen molar-refractivity contribution in [1.82, 2.24) is 0 Å². The molecule has 0 bridgehead atoms. The van der Waals surface area contributed by atoms with Gasteiger partial charge in [0, 0.05) is 18.3 Å². The van der Waals surface area contributed by atoms with Gasteiger partial charge >= 0.3 is 0 Å². The van der Waals surface area contributed by atoms with Crippen LogP contribution in [-0.4, -0.2) is 23.7 Å². The summed E-state index contributed by atoms with van der Waals surface area (Å²) in [5.74, 6) is -0.139. The fourth-order valence-electron chi connectivity index (χ4n) is 2.24. The Hall–Kier alpha value is -1.65. The lowest BCUT2D eigenvalue weighted by molar-refractivity contribution is -0.118. The maximum atomic E-state index is 12.0. The van der Waals surface area contributed by atoms with Crippen LogP contribution in [0.3, 0.4) is 0 Å². The second-order valence-electron chi connectivity index (χ2n) is 4.91. The van der Waals surface area contributed by atoms with Gasteiger partial charge in [-0.3, -0.25) is 4.79 Å². The molecule has 1 aromatic rings. The van der Waals surface area contributed by atoms with Gasteiger partial charge in [-0.2, -0.15) is 0 Å². The summed E-state index contributed by atoms with van der Waals surface area (Å²) in [6, 6.07) is 7.73. The third-order valence-corrected chi connectivity index (χ3v) is 3.27. The SMILES string of the molecule is NC1C=CC(C(=O)Nc2cccc(CCCO)c2)C1. The predicted octanol–water partition coefficient (Wildman–Crippen LogP) is 1.45. The molecule has 1 aromatic carbocycles. The highest BCUT2D eigenvalue weighted by molar-refractivity contribution is 5.94. The number of carbonyl (C=O) groups is 1. The lowest BCUT2D eigenvalue weighted by atomic mass is 10.1. The molecule has 2 rings (SSSR count). The summed E-state index contributed by atoms with van der Waals surface area (Å²) in [5.41, 5.74) is 7.66. The van der Waals surface area contributed by atoms with Crippen molar-refractivity contribution in [1.29, 1.82) is 0 Å². The van der Waals surface area contributed by atoms with Gasteiger partial charge in [0.2, 0.25) is 5.91 Å². The van der Waals surface area contributed by atoms with E-state index in [1.807, 2.05) is 36.4 Å². The van der Waals surface area contributed by atoms with Gasteiger partial charge in [-0.05, 0) is 37.0 Å². The minimum Gasteiger partial charge on any atom is -0.396 e. The van der Waals surface area contributed by atoms with E-state index in [0.717, 1.165) is 24.1 Å². The summed E-state index contributed by atoms with van der Waals surface area (Å²) in [4.78, 5) is 12.0. The van der Waals surface area contributed by atoms with E-state index in [4.69, 9.17) is 10.8 Å². The molecule has 1 aliphatic rings. The van der Waals surface area contributed by atoms with Gasteiger partial charge in [0.1, 0.15) is 0 Å². The lowest BCUT2D eigenvalue weighted by Crippen LogP contribution is -2.24. The van der Waals surface area contributed by atoms with Crippen molar-refractivity contribution >= 4 is 11.6 Å². The Labute approximate surface area is 113 Å². The maximum Gasteiger partial charge on any atom is 0.231 e. The Morgan fingerprint density at radius 2 is 2.26 bits per heavy atom. The fourth-order valence-corrected chi connectivity index (χ4v) is 2.24. The maximum absolute atomic E-state index is 12.0. The Morgan fingerprint density at radius 1 is 1.42 bits per heavy atom. The summed E-state index contributed by atoms with van der Waals surface area (Å²) >= 11 is 0. The molecule has 4 N–H and O–H groups in total. The highest BCUT2D eigenvalue weighted by atomic mass is 16.2. The normalized spacial score (nSPS) is 21.6. The number of nitrogens with one attached hydrogen (secondary N) is 1. The van der Waals surface area contributed by atoms with Crippen molar-refractivity contribution in [2.45, 2.75) is 25.3 Å². The number of carbonyl (C=O) groups excluding carboxylic acids is 1. The smallest absolute Gasteiger partial charge is 0.231 e. The van der Waals surface area contributed by atoms with Crippen LogP contribution in [0, 0.1) is 5.92 Å². The first kappa shape index (κ1) is 13.8. The molecule has 0 aliphatic heterocycles. The average molecular weight is 260 g/mol. The molecule has 0 spiro atoms. The van der Waals surface area contributed by atoms with Gasteiger partial charge in [-0.25, -0.2) is 0 Å². The number of rotatable bonds is 5. The Bertz CT molecular complexity index is 471. The Morgan fingerprint density at radius 3 is 2.95 bits per heavy atom. The van der Waals surface area contributed by atoms with Crippen molar-refractivity contribution in [2.75, 3.05) is 11.9 Å². The minimum absolute atomic E-state index is 0.00774. The molecular weight excluding hydrogens is 240 g/mol. The van der Waals surface area contributed by atoms with Crippen molar-refractivity contribution in [3.05, 3.63) is 42.0 Å². The fraction of sp³-hybridized carbons (Fsp3) is 0.400. The molecule has 0 heterocycles. The van der Waals surface area contributed by atoms with Crippen LogP contribution in [0.5, 0.6) is 0 Å². The topological polar surface area (TPSA) is 75.4 Å². The molecule has 2 atom stereocenters. The molecule has 1 amide bonds. The Kier molecular flexibility index (Phi) is 4.71. The molecule has 0 aromatic heterocycles. The number of aryl methyl sites for hydroxylation is 1. The van der Waals surface area contributed by atoms with E-state index in [1.165, 1.54) is 0 Å². The molecule has 19 heavy (non-hydrogen) atoms. The van der Waals surface area contributed by atoms with E-state index >= 15 is 0 Å². The van der Waals surface area contributed by atoms with E-state index in [0.29, 0.717) is 6.42 Å². The molecule has 2 unspecified atom stereocenters. The molecule has 0 saturated carbocycles. The first-order valence-corrected chi connectivity index (χ1v) is 6.63. The van der Waals surface area contributed by atoms with Crippen LogP contribution in [0.25, 0.3) is 0 Å². The van der Waals surface area contributed by atoms with Gasteiger partial charge < -0.3 is 16.2 Å². The largest absolute Gasteiger partial charge is 0.396 e. The summed E-state index contributed by atoms with van der Waals surface area (Å²) in [5, 5.41) is 11.7. The zero-order valence-corrected chi connectivity index (χ0v) is 10.9. The van der Waals surface area contributed by atoms with E-state index < -0.39 is 0 Å². The van der Waals surface area contributed by atoms with Gasteiger partial charge in [0.15, 0.2) is 0 Å². The Balaban J connectivity index is 1.95. The predicted molar refractivity (Wildman–Crippen MR) is 75.7 cm³/mol. The van der Waals surface area contributed by atoms with Crippen LogP contribution < -0.4 is 11.1 Å². The number of anilines is 1. The van der Waals surface area contributed by atoms with Gasteiger partial charge in [0.25, 0.3) is 0 Å². The lowest BCUT2D eigenvalue weighted by Gasteiger charge is -2.11. The molecule has 0 saturated heterocycles. The van der Waals surface area contributed by atoms with Crippen LogP contribution in [0.4, 0.5) is 5.69 Å². The number of benzene rings is 1. The standard InChI is InChI=1S/C15H20N2O2/c16-13-7-6-12(10-13)15(19)17-14-5-1-3-11(9-14)4-2-8-18/h1,3,5-7,9,12-13,18H,2,4,8,10,16H2,(H,17,19). The summed E-state index contributed by atoms with van der Waals surface area (Å²) in [6.45, 7) is 0.182. The molecule has 0 radical (unpaired) electrons. The third-order valence-electron chi connectivity index (χ3n) is 3.27. The monoisotopic (exact) mass is 260 g/mol. The van der Waals surface area contributed by atoms with Crippen LogP contribution in [0.2, 0.25) is 0 Å². The van der Waals surface area contributed by atoms with E-state index in [1.54, 1.807) is 0 Å². The van der Waals surface area contributed by atoms with Crippen LogP contribution in [-0.2, 0) is 11.2 Å². The van der Waals surface area contributed by atoms with Crippen LogP contribution in [0.15, 0.2) is 36.4 Å². The number of nitrogens with two attached hydrogens (primary N) is 1. The van der Waals surface area contributed by atoms with E-state index in [-0.39, 0.29) is 24.5 Å². The third kappa shape index (κ3) is 3.91. The molecule has 4 heteroatoms. The summed E-state index contributed by atoms with van der Waals surface area (Å²) in [7, 11) is 0. The zero-order chi connectivity index (χ0) is 13.7. The number of hydrogen-bond donors (Lipinski definition) is 3. The number of hydrogen-bond acceptors (Lipinski definition) is 3. The van der Waals surface area contributed by atoms with Gasteiger partial charge in [-0.1, -0.05) is 24.3 Å². The van der Waals surface area contributed by atoms with Gasteiger partial charge in [0.05, 0.1) is 5.92 Å². The van der Waals surface area contributed by atoms with Crippen LogP contribution >= 0.6 is 0 Å². The first-order valence-electron chi connectivity index (χ1n) is 6.63.